The van der Waals surface area contributed by atoms with Gasteiger partial charge in [0.1, 0.15) is 12.0 Å². The van der Waals surface area contributed by atoms with Gasteiger partial charge in [-0.2, -0.15) is 0 Å². The van der Waals surface area contributed by atoms with Crippen LogP contribution in [0.15, 0.2) is 10.7 Å². The fourth-order valence-corrected chi connectivity index (χ4v) is 2.85. The number of carboxylic acids is 1. The van der Waals surface area contributed by atoms with Crippen molar-refractivity contribution in [2.45, 2.75) is 19.8 Å². The third kappa shape index (κ3) is 2.74. The van der Waals surface area contributed by atoms with Crippen LogP contribution in [0.5, 0.6) is 0 Å². The highest BCUT2D eigenvalue weighted by Crippen LogP contribution is 2.34. The number of pyridine rings is 1. The fourth-order valence-electron chi connectivity index (χ4n) is 2.30. The first kappa shape index (κ1) is 14.7. The van der Waals surface area contributed by atoms with E-state index in [0.29, 0.717) is 41.8 Å². The molecule has 0 aliphatic carbocycles. The molecule has 0 saturated carbocycles. The number of piperidine rings is 1. The van der Waals surface area contributed by atoms with Crippen molar-refractivity contribution in [2.24, 2.45) is 5.92 Å². The second-order valence-electron chi connectivity index (χ2n) is 4.76. The molecule has 0 unspecified atom stereocenters. The number of nitrogens with zero attached hydrogens (tertiary/aromatic N) is 3. The highest BCUT2D eigenvalue weighted by molar-refractivity contribution is 9.10. The first-order valence-electron chi connectivity index (χ1n) is 6.19. The van der Waals surface area contributed by atoms with Crippen LogP contribution in [0.3, 0.4) is 0 Å². The molecule has 1 aromatic heterocycles. The van der Waals surface area contributed by atoms with E-state index >= 15 is 0 Å². The summed E-state index contributed by atoms with van der Waals surface area (Å²) in [5.41, 5.74) is 0.501. The molecular weight excluding hydrogens is 330 g/mol. The lowest BCUT2D eigenvalue weighted by Crippen LogP contribution is -2.37. The van der Waals surface area contributed by atoms with E-state index in [1.807, 2.05) is 4.90 Å². The molecular formula is C12H14BrN3O4. The molecule has 1 saturated heterocycles. The largest absolute Gasteiger partial charge is 0.481 e. The molecule has 20 heavy (non-hydrogen) atoms. The van der Waals surface area contributed by atoms with Gasteiger partial charge >= 0.3 is 5.97 Å². The molecule has 0 spiro atoms. The molecule has 0 aromatic carbocycles. The summed E-state index contributed by atoms with van der Waals surface area (Å²) in [5.74, 6) is -0.447. The number of rotatable bonds is 3. The first-order valence-corrected chi connectivity index (χ1v) is 6.98. The lowest BCUT2D eigenvalue weighted by molar-refractivity contribution is -0.385. The van der Waals surface area contributed by atoms with Gasteiger partial charge in [-0.25, -0.2) is 4.98 Å². The molecule has 2 heterocycles. The van der Waals surface area contributed by atoms with E-state index < -0.39 is 10.9 Å². The summed E-state index contributed by atoms with van der Waals surface area (Å²) in [6.45, 7) is 2.83. The van der Waals surface area contributed by atoms with Crippen molar-refractivity contribution in [1.82, 2.24) is 4.98 Å². The molecule has 0 atom stereocenters. The maximum Gasteiger partial charge on any atom is 0.306 e. The summed E-state index contributed by atoms with van der Waals surface area (Å²) in [7, 11) is 0. The minimum atomic E-state index is -0.767. The number of hydrogen-bond donors (Lipinski definition) is 1. The van der Waals surface area contributed by atoms with Crippen molar-refractivity contribution >= 4 is 33.4 Å². The summed E-state index contributed by atoms with van der Waals surface area (Å²) in [6, 6.07) is 0. The number of hydrogen-bond acceptors (Lipinski definition) is 5. The zero-order valence-corrected chi connectivity index (χ0v) is 12.5. The van der Waals surface area contributed by atoms with Crippen molar-refractivity contribution in [3.8, 4) is 0 Å². The predicted octanol–water partition coefficient (Wildman–Crippen LogP) is 2.36. The van der Waals surface area contributed by atoms with E-state index in [4.69, 9.17) is 5.11 Å². The Kier molecular flexibility index (Phi) is 4.22. The van der Waals surface area contributed by atoms with Gasteiger partial charge in [-0.1, -0.05) is 0 Å². The standard InChI is InChI=1S/C12H14BrN3O4/c1-7-9(16(19)20)6-14-11(10(7)13)15-4-2-8(3-5-15)12(17)18/h6,8H,2-5H2,1H3,(H,17,18). The van der Waals surface area contributed by atoms with Crippen LogP contribution in [-0.4, -0.2) is 34.1 Å². The van der Waals surface area contributed by atoms with Gasteiger partial charge in [-0.15, -0.1) is 0 Å². The van der Waals surface area contributed by atoms with E-state index in [2.05, 4.69) is 20.9 Å². The van der Waals surface area contributed by atoms with Crippen LogP contribution >= 0.6 is 15.9 Å². The van der Waals surface area contributed by atoms with Crippen molar-refractivity contribution in [1.29, 1.82) is 0 Å². The number of anilines is 1. The molecule has 108 valence electrons. The predicted molar refractivity (Wildman–Crippen MR) is 75.9 cm³/mol. The van der Waals surface area contributed by atoms with E-state index in [9.17, 15) is 14.9 Å². The van der Waals surface area contributed by atoms with Crippen LogP contribution in [-0.2, 0) is 4.79 Å². The van der Waals surface area contributed by atoms with Crippen LogP contribution in [0.25, 0.3) is 0 Å². The quantitative estimate of drug-likeness (QED) is 0.668. The minimum absolute atomic E-state index is 0.0268. The van der Waals surface area contributed by atoms with E-state index in [-0.39, 0.29) is 11.6 Å². The van der Waals surface area contributed by atoms with Gasteiger partial charge in [0.25, 0.3) is 5.69 Å². The zero-order valence-electron chi connectivity index (χ0n) is 10.9. The molecule has 7 nitrogen and oxygen atoms in total. The summed E-state index contributed by atoms with van der Waals surface area (Å²) in [6.07, 6.45) is 2.36. The Morgan fingerprint density at radius 3 is 2.65 bits per heavy atom. The molecule has 1 N–H and O–H groups in total. The third-order valence-corrected chi connectivity index (χ3v) is 4.51. The van der Waals surface area contributed by atoms with Crippen LogP contribution < -0.4 is 4.90 Å². The lowest BCUT2D eigenvalue weighted by Gasteiger charge is -2.31. The lowest BCUT2D eigenvalue weighted by atomic mass is 9.97. The van der Waals surface area contributed by atoms with Crippen LogP contribution in [0, 0.1) is 23.0 Å². The molecule has 1 aliphatic heterocycles. The smallest absolute Gasteiger partial charge is 0.306 e. The van der Waals surface area contributed by atoms with Gasteiger partial charge in [-0.05, 0) is 35.7 Å². The van der Waals surface area contributed by atoms with Crippen LogP contribution in [0.1, 0.15) is 18.4 Å². The van der Waals surface area contributed by atoms with Gasteiger partial charge in [0.15, 0.2) is 0 Å². The maximum absolute atomic E-state index is 10.9. The molecule has 0 amide bonds. The van der Waals surface area contributed by atoms with Gasteiger partial charge in [0.2, 0.25) is 0 Å². The highest BCUT2D eigenvalue weighted by atomic mass is 79.9. The van der Waals surface area contributed by atoms with Gasteiger partial charge in [0.05, 0.1) is 15.3 Å². The minimum Gasteiger partial charge on any atom is -0.481 e. The number of nitro groups is 1. The molecule has 1 fully saturated rings. The molecule has 8 heteroatoms. The molecule has 2 rings (SSSR count). The monoisotopic (exact) mass is 343 g/mol. The van der Waals surface area contributed by atoms with Crippen LogP contribution in [0.2, 0.25) is 0 Å². The molecule has 1 aromatic rings. The Morgan fingerprint density at radius 1 is 1.55 bits per heavy atom. The topological polar surface area (TPSA) is 96.6 Å². The van der Waals surface area contributed by atoms with E-state index in [1.54, 1.807) is 6.92 Å². The Morgan fingerprint density at radius 2 is 2.15 bits per heavy atom. The van der Waals surface area contributed by atoms with Crippen molar-refractivity contribution < 1.29 is 14.8 Å². The van der Waals surface area contributed by atoms with E-state index in [1.165, 1.54) is 6.20 Å². The number of carboxylic acid groups (broad SMARTS) is 1. The number of carbonyl (C=O) groups is 1. The second-order valence-corrected chi connectivity index (χ2v) is 5.56. The Balaban J connectivity index is 2.21. The highest BCUT2D eigenvalue weighted by Gasteiger charge is 2.27. The molecule has 1 aliphatic rings. The SMILES string of the molecule is Cc1c([N+](=O)[O-])cnc(N2CCC(C(=O)O)CC2)c1Br. The van der Waals surface area contributed by atoms with Crippen molar-refractivity contribution in [3.63, 3.8) is 0 Å². The Bertz CT molecular complexity index is 556. The Labute approximate surface area is 123 Å². The number of aliphatic carboxylic acids is 1. The van der Waals surface area contributed by atoms with Crippen LogP contribution in [0.4, 0.5) is 11.5 Å². The maximum atomic E-state index is 10.9. The summed E-state index contributed by atoms with van der Waals surface area (Å²) < 4.78 is 0.598. The molecule has 0 bridgehead atoms. The number of aromatic nitrogens is 1. The van der Waals surface area contributed by atoms with Gasteiger partial charge < -0.3 is 10.0 Å². The Hall–Kier alpha value is -1.70. The van der Waals surface area contributed by atoms with Gasteiger partial charge in [-0.3, -0.25) is 14.9 Å². The van der Waals surface area contributed by atoms with Gasteiger partial charge in [0, 0.05) is 18.7 Å². The normalized spacial score (nSPS) is 16.2. The zero-order chi connectivity index (χ0) is 14.9. The first-order chi connectivity index (χ1) is 9.41. The summed E-state index contributed by atoms with van der Waals surface area (Å²) in [4.78, 5) is 27.4. The molecule has 0 radical (unpaired) electrons. The fraction of sp³-hybridized carbons (Fsp3) is 0.500. The summed E-state index contributed by atoms with van der Waals surface area (Å²) >= 11 is 3.35. The van der Waals surface area contributed by atoms with Crippen molar-refractivity contribution in [2.75, 3.05) is 18.0 Å². The second kappa shape index (κ2) is 5.74. The number of halogens is 1. The van der Waals surface area contributed by atoms with E-state index in [0.717, 1.165) is 0 Å². The summed E-state index contributed by atoms with van der Waals surface area (Å²) in [5, 5.41) is 19.8. The van der Waals surface area contributed by atoms with Crippen molar-refractivity contribution in [3.05, 3.63) is 26.3 Å². The average Bonchev–Trinajstić information content (AvgIpc) is 2.41. The third-order valence-electron chi connectivity index (χ3n) is 3.56. The average molecular weight is 344 g/mol.